The van der Waals surface area contributed by atoms with Crippen molar-refractivity contribution in [1.82, 2.24) is 5.32 Å². The number of piperazine rings is 1. The molecule has 0 radical (unpaired) electrons. The molecule has 0 spiro atoms. The van der Waals surface area contributed by atoms with Gasteiger partial charge in [0.05, 0.1) is 38.4 Å². The second-order valence-corrected chi connectivity index (χ2v) is 7.19. The Kier molecular flexibility index (Phi) is 5.37. The topological polar surface area (TPSA) is 57.0 Å². The van der Waals surface area contributed by atoms with Crippen LogP contribution in [-0.4, -0.2) is 43.2 Å². The normalized spacial score (nSPS) is 16.8. The van der Waals surface area contributed by atoms with Crippen LogP contribution >= 0.6 is 11.3 Å². The summed E-state index contributed by atoms with van der Waals surface area (Å²) >= 11 is 1.66. The van der Waals surface area contributed by atoms with Gasteiger partial charge in [-0.3, -0.25) is 4.79 Å². The van der Waals surface area contributed by atoms with Crippen molar-refractivity contribution in [2.24, 2.45) is 0 Å². The molecule has 1 amide bonds. The Morgan fingerprint density at radius 2 is 2.04 bits per heavy atom. The van der Waals surface area contributed by atoms with E-state index in [1.165, 1.54) is 9.78 Å². The maximum atomic E-state index is 12.4. The minimum Gasteiger partial charge on any atom is -0.506 e. The van der Waals surface area contributed by atoms with E-state index < -0.39 is 0 Å². The number of hydrogen-bond donors (Lipinski definition) is 3. The number of nitrogens with zero attached hydrogens (tertiary/aromatic N) is 1. The summed E-state index contributed by atoms with van der Waals surface area (Å²) in [5.74, 6) is 0.428. The fourth-order valence-electron chi connectivity index (χ4n) is 3.13. The molecule has 1 fully saturated rings. The quantitative estimate of drug-likeness (QED) is 0.753. The third-order valence-electron chi connectivity index (χ3n) is 4.65. The number of para-hydroxylation sites is 2. The minimum absolute atomic E-state index is 0.0588. The van der Waals surface area contributed by atoms with Crippen LogP contribution in [0.2, 0.25) is 0 Å². The van der Waals surface area contributed by atoms with Gasteiger partial charge >= 0.3 is 0 Å². The second kappa shape index (κ2) is 7.68. The molecule has 1 aromatic heterocycles. The highest BCUT2D eigenvalue weighted by molar-refractivity contribution is 7.09. The molecule has 128 valence electrons. The van der Waals surface area contributed by atoms with Crippen molar-refractivity contribution in [3.8, 4) is 5.75 Å². The standard InChI is InChI=1S/C18H23N3O2S/c1-14(18(23)19-13-15-5-4-12-24-15)20-8-10-21(11-9-20)16-6-2-3-7-17(16)22/h2-7,12,14,22H,8-11,13H2,1H3,(H,19,23)/p+1/t14-/m1/s1. The minimum atomic E-state index is -0.0588. The lowest BCUT2D eigenvalue weighted by Crippen LogP contribution is -3.19. The number of quaternary nitrogens is 1. The van der Waals surface area contributed by atoms with Crippen LogP contribution in [0.5, 0.6) is 5.75 Å². The molecule has 5 nitrogen and oxygen atoms in total. The summed E-state index contributed by atoms with van der Waals surface area (Å²) < 4.78 is 0. The Balaban J connectivity index is 1.50. The third-order valence-corrected chi connectivity index (χ3v) is 5.53. The van der Waals surface area contributed by atoms with Gasteiger partial charge in [0.25, 0.3) is 5.91 Å². The number of phenols is 1. The first-order chi connectivity index (χ1) is 11.6. The van der Waals surface area contributed by atoms with Crippen LogP contribution in [0.15, 0.2) is 41.8 Å². The SMILES string of the molecule is C[C@H](C(=O)NCc1cccs1)[NH+]1CCN(c2ccccc2O)CC1. The molecule has 0 bridgehead atoms. The van der Waals surface area contributed by atoms with E-state index >= 15 is 0 Å². The Morgan fingerprint density at radius 3 is 2.71 bits per heavy atom. The summed E-state index contributed by atoms with van der Waals surface area (Å²) in [6, 6.07) is 11.4. The highest BCUT2D eigenvalue weighted by Gasteiger charge is 2.29. The van der Waals surface area contributed by atoms with Gasteiger partial charge < -0.3 is 20.2 Å². The molecule has 1 aliphatic rings. The molecule has 24 heavy (non-hydrogen) atoms. The van der Waals surface area contributed by atoms with Crippen LogP contribution in [0.25, 0.3) is 0 Å². The first-order valence-corrected chi connectivity index (χ1v) is 9.20. The highest BCUT2D eigenvalue weighted by atomic mass is 32.1. The van der Waals surface area contributed by atoms with E-state index in [1.54, 1.807) is 17.4 Å². The number of rotatable bonds is 5. The van der Waals surface area contributed by atoms with Gasteiger partial charge in [-0.1, -0.05) is 18.2 Å². The number of carbonyl (C=O) groups excluding carboxylic acids is 1. The number of benzene rings is 1. The van der Waals surface area contributed by atoms with Crippen molar-refractivity contribution in [2.75, 3.05) is 31.1 Å². The lowest BCUT2D eigenvalue weighted by molar-refractivity contribution is -0.914. The van der Waals surface area contributed by atoms with Gasteiger partial charge in [-0.25, -0.2) is 0 Å². The van der Waals surface area contributed by atoms with Crippen LogP contribution in [0, 0.1) is 0 Å². The fraction of sp³-hybridized carbons (Fsp3) is 0.389. The van der Waals surface area contributed by atoms with E-state index in [-0.39, 0.29) is 11.9 Å². The molecule has 2 aromatic rings. The predicted molar refractivity (Wildman–Crippen MR) is 96.6 cm³/mol. The lowest BCUT2D eigenvalue weighted by atomic mass is 10.2. The largest absolute Gasteiger partial charge is 0.506 e. The summed E-state index contributed by atoms with van der Waals surface area (Å²) in [6.07, 6.45) is 0. The van der Waals surface area contributed by atoms with Crippen molar-refractivity contribution in [3.05, 3.63) is 46.7 Å². The van der Waals surface area contributed by atoms with Gasteiger partial charge in [-0.2, -0.15) is 0 Å². The number of thiophene rings is 1. The van der Waals surface area contributed by atoms with E-state index in [0.29, 0.717) is 12.3 Å². The van der Waals surface area contributed by atoms with Crippen LogP contribution in [0.3, 0.4) is 0 Å². The molecule has 3 N–H and O–H groups in total. The fourth-order valence-corrected chi connectivity index (χ4v) is 3.77. The van der Waals surface area contributed by atoms with Crippen molar-refractivity contribution >= 4 is 22.9 Å². The first kappa shape index (κ1) is 16.8. The monoisotopic (exact) mass is 346 g/mol. The van der Waals surface area contributed by atoms with Crippen molar-refractivity contribution in [1.29, 1.82) is 0 Å². The summed E-state index contributed by atoms with van der Waals surface area (Å²) in [4.78, 5) is 17.0. The summed E-state index contributed by atoms with van der Waals surface area (Å²) in [7, 11) is 0. The molecule has 1 atom stereocenters. The van der Waals surface area contributed by atoms with Gasteiger partial charge in [0.2, 0.25) is 0 Å². The van der Waals surface area contributed by atoms with E-state index in [2.05, 4.69) is 10.2 Å². The Labute approximate surface area is 146 Å². The van der Waals surface area contributed by atoms with Crippen molar-refractivity contribution < 1.29 is 14.8 Å². The Bertz CT molecular complexity index is 667. The van der Waals surface area contributed by atoms with Crippen molar-refractivity contribution in [2.45, 2.75) is 19.5 Å². The second-order valence-electron chi connectivity index (χ2n) is 6.15. The number of phenolic OH excluding ortho intramolecular Hbond substituents is 1. The number of anilines is 1. The Hall–Kier alpha value is -2.05. The summed E-state index contributed by atoms with van der Waals surface area (Å²) in [5.41, 5.74) is 0.881. The van der Waals surface area contributed by atoms with Crippen LogP contribution in [-0.2, 0) is 11.3 Å². The van der Waals surface area contributed by atoms with Crippen LogP contribution in [0.4, 0.5) is 5.69 Å². The molecule has 3 rings (SSSR count). The molecular weight excluding hydrogens is 322 g/mol. The smallest absolute Gasteiger partial charge is 0.278 e. The van der Waals surface area contributed by atoms with Gasteiger partial charge in [-0.15, -0.1) is 11.3 Å². The molecule has 1 aromatic carbocycles. The molecule has 0 saturated carbocycles. The van der Waals surface area contributed by atoms with E-state index in [9.17, 15) is 9.90 Å². The predicted octanol–water partition coefficient (Wildman–Crippen LogP) is 0.863. The zero-order valence-electron chi connectivity index (χ0n) is 13.9. The van der Waals surface area contributed by atoms with Crippen LogP contribution < -0.4 is 15.1 Å². The Morgan fingerprint density at radius 1 is 1.29 bits per heavy atom. The van der Waals surface area contributed by atoms with E-state index in [1.807, 2.05) is 42.6 Å². The van der Waals surface area contributed by atoms with Crippen LogP contribution in [0.1, 0.15) is 11.8 Å². The number of amides is 1. The first-order valence-electron chi connectivity index (χ1n) is 8.33. The van der Waals surface area contributed by atoms with Gasteiger partial charge in [0, 0.05) is 4.88 Å². The van der Waals surface area contributed by atoms with Crippen molar-refractivity contribution in [3.63, 3.8) is 0 Å². The average molecular weight is 346 g/mol. The van der Waals surface area contributed by atoms with Gasteiger partial charge in [-0.05, 0) is 30.5 Å². The number of carbonyl (C=O) groups is 1. The molecule has 0 aliphatic carbocycles. The zero-order chi connectivity index (χ0) is 16.9. The van der Waals surface area contributed by atoms with E-state index in [0.717, 1.165) is 31.9 Å². The molecule has 1 saturated heterocycles. The third kappa shape index (κ3) is 3.88. The maximum Gasteiger partial charge on any atom is 0.278 e. The number of aromatic hydroxyl groups is 1. The number of hydrogen-bond acceptors (Lipinski definition) is 4. The molecule has 1 aliphatic heterocycles. The molecule has 6 heteroatoms. The summed E-state index contributed by atoms with van der Waals surface area (Å²) in [6.45, 7) is 6.07. The maximum absolute atomic E-state index is 12.4. The molecule has 0 unspecified atom stereocenters. The average Bonchev–Trinajstić information content (AvgIpc) is 3.13. The van der Waals surface area contributed by atoms with Gasteiger partial charge in [0.1, 0.15) is 5.75 Å². The molecular formula is C18H24N3O2S+. The highest BCUT2D eigenvalue weighted by Crippen LogP contribution is 2.25. The summed E-state index contributed by atoms with van der Waals surface area (Å²) in [5, 5.41) is 15.0. The zero-order valence-corrected chi connectivity index (χ0v) is 14.7. The number of nitrogens with one attached hydrogen (secondary N) is 2. The lowest BCUT2D eigenvalue weighted by Gasteiger charge is -2.36. The molecule has 2 heterocycles. The van der Waals surface area contributed by atoms with Gasteiger partial charge in [0.15, 0.2) is 6.04 Å². The van der Waals surface area contributed by atoms with E-state index in [4.69, 9.17) is 0 Å².